The third-order valence-corrected chi connectivity index (χ3v) is 2.76. The number of hydrogen-bond donors (Lipinski definition) is 0. The van der Waals surface area contributed by atoms with Crippen molar-refractivity contribution in [3.63, 3.8) is 0 Å². The smallest absolute Gasteiger partial charge is 0.342 e. The van der Waals surface area contributed by atoms with Gasteiger partial charge in [-0.05, 0) is 12.1 Å². The lowest BCUT2D eigenvalue weighted by molar-refractivity contribution is 0.0600. The molecule has 0 bridgehead atoms. The lowest BCUT2D eigenvalue weighted by Gasteiger charge is -2.05. The molecule has 1 heterocycles. The van der Waals surface area contributed by atoms with Gasteiger partial charge in [-0.3, -0.25) is 0 Å². The van der Waals surface area contributed by atoms with Crippen molar-refractivity contribution in [2.45, 2.75) is 0 Å². The van der Waals surface area contributed by atoms with Gasteiger partial charge in [-0.1, -0.05) is 23.7 Å². The number of rotatable bonds is 3. The lowest BCUT2D eigenvalue weighted by Crippen LogP contribution is -2.05. The summed E-state index contributed by atoms with van der Waals surface area (Å²) in [6, 6.07) is 7.24. The van der Waals surface area contributed by atoms with Crippen molar-refractivity contribution < 1.29 is 14.3 Å². The van der Waals surface area contributed by atoms with Crippen molar-refractivity contribution in [3.8, 4) is 17.1 Å². The third kappa shape index (κ3) is 2.82. The predicted molar refractivity (Wildman–Crippen MR) is 70.4 cm³/mol. The minimum absolute atomic E-state index is 0.0552. The molecule has 0 atom stereocenters. The van der Waals surface area contributed by atoms with Gasteiger partial charge >= 0.3 is 5.97 Å². The first-order chi connectivity index (χ1) is 9.15. The largest absolute Gasteiger partial charge is 0.497 e. The summed E-state index contributed by atoms with van der Waals surface area (Å²) in [6.07, 6.45) is 1.34. The molecule has 6 heteroatoms. The molecule has 0 N–H and O–H groups in total. The zero-order valence-corrected chi connectivity index (χ0v) is 11.1. The molecule has 1 aromatic carbocycles. The van der Waals surface area contributed by atoms with E-state index in [1.54, 1.807) is 13.2 Å². The Balaban J connectivity index is 2.41. The van der Waals surface area contributed by atoms with E-state index in [9.17, 15) is 4.79 Å². The van der Waals surface area contributed by atoms with Gasteiger partial charge in [0.25, 0.3) is 0 Å². The topological polar surface area (TPSA) is 61.3 Å². The number of halogens is 1. The molecule has 0 aliphatic rings. The molecule has 1 aromatic heterocycles. The molecule has 0 aliphatic heterocycles. The molecule has 0 saturated carbocycles. The second-order valence-electron chi connectivity index (χ2n) is 3.62. The molecular formula is C13H11ClN2O3. The van der Waals surface area contributed by atoms with Crippen molar-refractivity contribution in [3.05, 3.63) is 41.2 Å². The summed E-state index contributed by atoms with van der Waals surface area (Å²) < 4.78 is 9.70. The molecule has 0 fully saturated rings. The Kier molecular flexibility index (Phi) is 3.97. The summed E-state index contributed by atoms with van der Waals surface area (Å²) in [7, 11) is 2.85. The van der Waals surface area contributed by atoms with E-state index >= 15 is 0 Å². The fraction of sp³-hybridized carbons (Fsp3) is 0.154. The fourth-order valence-electron chi connectivity index (χ4n) is 1.51. The zero-order chi connectivity index (χ0) is 13.8. The second kappa shape index (κ2) is 5.67. The maximum Gasteiger partial charge on any atom is 0.342 e. The van der Waals surface area contributed by atoms with E-state index in [0.29, 0.717) is 11.6 Å². The highest BCUT2D eigenvalue weighted by atomic mass is 35.5. The highest BCUT2D eigenvalue weighted by molar-refractivity contribution is 6.32. The normalized spacial score (nSPS) is 10.1. The van der Waals surface area contributed by atoms with Crippen molar-refractivity contribution in [2.24, 2.45) is 0 Å². The van der Waals surface area contributed by atoms with Gasteiger partial charge in [0.05, 0.1) is 14.2 Å². The van der Waals surface area contributed by atoms with Crippen LogP contribution in [-0.2, 0) is 4.74 Å². The van der Waals surface area contributed by atoms with Gasteiger partial charge < -0.3 is 9.47 Å². The Morgan fingerprint density at radius 3 is 2.74 bits per heavy atom. The van der Waals surface area contributed by atoms with Crippen LogP contribution in [0.5, 0.6) is 5.75 Å². The molecule has 19 heavy (non-hydrogen) atoms. The maximum absolute atomic E-state index is 11.4. The Bertz CT molecular complexity index is 617. The van der Waals surface area contributed by atoms with Crippen LogP contribution < -0.4 is 4.74 Å². The number of carbonyl (C=O) groups excluding carboxylic acids is 1. The van der Waals surface area contributed by atoms with Crippen LogP contribution in [0.4, 0.5) is 0 Å². The van der Waals surface area contributed by atoms with Crippen LogP contribution in [0.1, 0.15) is 10.4 Å². The number of methoxy groups -OCH3 is 2. The molecule has 0 aliphatic carbocycles. The van der Waals surface area contributed by atoms with Crippen LogP contribution in [0.15, 0.2) is 30.5 Å². The van der Waals surface area contributed by atoms with E-state index in [1.807, 2.05) is 18.2 Å². The van der Waals surface area contributed by atoms with E-state index in [0.717, 1.165) is 5.56 Å². The number of aromatic nitrogens is 2. The number of benzene rings is 1. The molecule has 2 rings (SSSR count). The number of esters is 1. The Labute approximate surface area is 115 Å². The Morgan fingerprint density at radius 2 is 2.11 bits per heavy atom. The molecular weight excluding hydrogens is 268 g/mol. The van der Waals surface area contributed by atoms with Crippen LogP contribution in [0, 0.1) is 0 Å². The highest BCUT2D eigenvalue weighted by Gasteiger charge is 2.14. The van der Waals surface area contributed by atoms with Crippen LogP contribution >= 0.6 is 11.6 Å². The molecule has 98 valence electrons. The fourth-order valence-corrected chi connectivity index (χ4v) is 1.72. The predicted octanol–water partition coefficient (Wildman–Crippen LogP) is 2.59. The van der Waals surface area contributed by atoms with Crippen molar-refractivity contribution in [1.29, 1.82) is 0 Å². The summed E-state index contributed by atoms with van der Waals surface area (Å²) in [4.78, 5) is 19.6. The Hall–Kier alpha value is -2.14. The minimum atomic E-state index is -0.567. The minimum Gasteiger partial charge on any atom is -0.497 e. The summed E-state index contributed by atoms with van der Waals surface area (Å²) in [5.74, 6) is 0.535. The van der Waals surface area contributed by atoms with E-state index < -0.39 is 5.97 Å². The maximum atomic E-state index is 11.4. The number of ether oxygens (including phenoxy) is 2. The first-order valence-corrected chi connectivity index (χ1v) is 5.78. The van der Waals surface area contributed by atoms with Gasteiger partial charge in [0, 0.05) is 11.8 Å². The van der Waals surface area contributed by atoms with Gasteiger partial charge in [-0.2, -0.15) is 0 Å². The number of hydrogen-bond acceptors (Lipinski definition) is 5. The quantitative estimate of drug-likeness (QED) is 0.638. The van der Waals surface area contributed by atoms with E-state index in [1.165, 1.54) is 13.3 Å². The molecule has 5 nitrogen and oxygen atoms in total. The standard InChI is InChI=1S/C13H11ClN2O3/c1-18-9-5-3-4-8(6-9)12-15-7-10(11(14)16-12)13(17)19-2/h3-7H,1-2H3. The van der Waals surface area contributed by atoms with Crippen molar-refractivity contribution in [2.75, 3.05) is 14.2 Å². The van der Waals surface area contributed by atoms with Gasteiger partial charge in [0.15, 0.2) is 5.82 Å². The third-order valence-electron chi connectivity index (χ3n) is 2.48. The van der Waals surface area contributed by atoms with E-state index in [-0.39, 0.29) is 10.7 Å². The molecule has 0 radical (unpaired) electrons. The van der Waals surface area contributed by atoms with Crippen LogP contribution in [0.25, 0.3) is 11.4 Å². The molecule has 2 aromatic rings. The summed E-state index contributed by atoms with van der Waals surface area (Å²) >= 11 is 5.94. The van der Waals surface area contributed by atoms with Gasteiger partial charge in [0.1, 0.15) is 16.5 Å². The number of carbonyl (C=O) groups is 1. The van der Waals surface area contributed by atoms with Crippen LogP contribution in [-0.4, -0.2) is 30.2 Å². The zero-order valence-electron chi connectivity index (χ0n) is 10.4. The van der Waals surface area contributed by atoms with E-state index in [2.05, 4.69) is 14.7 Å². The van der Waals surface area contributed by atoms with E-state index in [4.69, 9.17) is 16.3 Å². The van der Waals surface area contributed by atoms with Gasteiger partial charge in [0.2, 0.25) is 0 Å². The number of nitrogens with zero attached hydrogens (tertiary/aromatic N) is 2. The second-order valence-corrected chi connectivity index (χ2v) is 3.98. The molecule has 0 spiro atoms. The Morgan fingerprint density at radius 1 is 1.32 bits per heavy atom. The van der Waals surface area contributed by atoms with Gasteiger partial charge in [-0.25, -0.2) is 14.8 Å². The van der Waals surface area contributed by atoms with Crippen molar-refractivity contribution in [1.82, 2.24) is 9.97 Å². The molecule has 0 unspecified atom stereocenters. The van der Waals surface area contributed by atoms with Crippen LogP contribution in [0.2, 0.25) is 5.15 Å². The SMILES string of the molecule is COC(=O)c1cnc(-c2cccc(OC)c2)nc1Cl. The summed E-state index contributed by atoms with van der Waals surface area (Å²) in [5.41, 5.74) is 0.883. The van der Waals surface area contributed by atoms with Crippen molar-refractivity contribution >= 4 is 17.6 Å². The highest BCUT2D eigenvalue weighted by Crippen LogP contribution is 2.23. The van der Waals surface area contributed by atoms with Gasteiger partial charge in [-0.15, -0.1) is 0 Å². The van der Waals surface area contributed by atoms with Crippen LogP contribution in [0.3, 0.4) is 0 Å². The average molecular weight is 279 g/mol. The molecule has 0 saturated heterocycles. The molecule has 0 amide bonds. The monoisotopic (exact) mass is 278 g/mol. The average Bonchev–Trinajstić information content (AvgIpc) is 2.46. The summed E-state index contributed by atoms with van der Waals surface area (Å²) in [6.45, 7) is 0. The summed E-state index contributed by atoms with van der Waals surface area (Å²) in [5, 5.41) is 0.0552. The first-order valence-electron chi connectivity index (χ1n) is 5.41. The lowest BCUT2D eigenvalue weighted by atomic mass is 10.2. The first kappa shape index (κ1) is 13.3.